The molecule has 6 heteroatoms. The van der Waals surface area contributed by atoms with Crippen LogP contribution in [0.3, 0.4) is 0 Å². The Balaban J connectivity index is 2.03. The second kappa shape index (κ2) is 6.26. The van der Waals surface area contributed by atoms with Crippen LogP contribution < -0.4 is 5.32 Å². The number of furan rings is 1. The Bertz CT molecular complexity index is 878. The van der Waals surface area contributed by atoms with Gasteiger partial charge in [0.1, 0.15) is 16.3 Å². The van der Waals surface area contributed by atoms with Crippen molar-refractivity contribution < 1.29 is 18.7 Å². The molecule has 0 bridgehead atoms. The Morgan fingerprint density at radius 1 is 1.26 bits per heavy atom. The number of aryl methyl sites for hydroxylation is 1. The number of nitrogens with one attached hydrogen (secondary N) is 1. The van der Waals surface area contributed by atoms with Gasteiger partial charge in [-0.1, -0.05) is 18.2 Å². The van der Waals surface area contributed by atoms with E-state index in [0.717, 1.165) is 10.1 Å². The van der Waals surface area contributed by atoms with Crippen molar-refractivity contribution in [1.82, 2.24) is 0 Å². The molecule has 2 heterocycles. The topological polar surface area (TPSA) is 68.5 Å². The van der Waals surface area contributed by atoms with Crippen molar-refractivity contribution in [1.29, 1.82) is 0 Å². The highest BCUT2D eigenvalue weighted by atomic mass is 32.1. The zero-order valence-electron chi connectivity index (χ0n) is 12.7. The molecule has 0 saturated carbocycles. The fourth-order valence-electron chi connectivity index (χ4n) is 2.33. The normalized spacial score (nSPS) is 10.7. The fourth-order valence-corrected chi connectivity index (χ4v) is 3.42. The number of hydrogen-bond donors (Lipinski definition) is 1. The largest absolute Gasteiger partial charge is 0.469 e. The first-order valence-electron chi connectivity index (χ1n) is 7.16. The lowest BCUT2D eigenvalue weighted by molar-refractivity contribution is 0.0530. The summed E-state index contributed by atoms with van der Waals surface area (Å²) in [6.45, 7) is 3.74. The van der Waals surface area contributed by atoms with Gasteiger partial charge >= 0.3 is 5.97 Å². The van der Waals surface area contributed by atoms with Crippen molar-refractivity contribution >= 4 is 38.3 Å². The van der Waals surface area contributed by atoms with Gasteiger partial charge < -0.3 is 14.5 Å². The minimum absolute atomic E-state index is 0.275. The third kappa shape index (κ3) is 2.85. The van der Waals surface area contributed by atoms with Crippen molar-refractivity contribution in [3.05, 3.63) is 53.5 Å². The predicted molar refractivity (Wildman–Crippen MR) is 89.2 cm³/mol. The Morgan fingerprint density at radius 3 is 2.74 bits per heavy atom. The molecular weight excluding hydrogens is 314 g/mol. The molecule has 0 atom stereocenters. The van der Waals surface area contributed by atoms with Gasteiger partial charge in [-0.25, -0.2) is 4.79 Å². The second-order valence-electron chi connectivity index (χ2n) is 4.87. The number of carbonyl (C=O) groups excluding carboxylic acids is 2. The average Bonchev–Trinajstić information content (AvgIpc) is 3.10. The van der Waals surface area contributed by atoms with Gasteiger partial charge in [0.2, 0.25) is 0 Å². The van der Waals surface area contributed by atoms with Crippen molar-refractivity contribution in [2.75, 3.05) is 11.9 Å². The first kappa shape index (κ1) is 15.3. The van der Waals surface area contributed by atoms with Gasteiger partial charge in [-0.3, -0.25) is 4.79 Å². The summed E-state index contributed by atoms with van der Waals surface area (Å²) in [5.41, 5.74) is 0.833. The number of thiophene rings is 1. The van der Waals surface area contributed by atoms with Crippen LogP contribution in [0, 0.1) is 6.92 Å². The van der Waals surface area contributed by atoms with Gasteiger partial charge in [0.25, 0.3) is 5.91 Å². The van der Waals surface area contributed by atoms with Gasteiger partial charge in [0.15, 0.2) is 0 Å². The molecule has 0 radical (unpaired) electrons. The highest BCUT2D eigenvalue weighted by Gasteiger charge is 2.22. The van der Waals surface area contributed by atoms with Crippen LogP contribution in [0.25, 0.3) is 10.1 Å². The lowest BCUT2D eigenvalue weighted by Crippen LogP contribution is -2.14. The number of amides is 1. The summed E-state index contributed by atoms with van der Waals surface area (Å²) in [5.74, 6) is -0.223. The Kier molecular flexibility index (Phi) is 4.16. The predicted octanol–water partition coefficient (Wildman–Crippen LogP) is 4.23. The van der Waals surface area contributed by atoms with E-state index in [0.29, 0.717) is 21.9 Å². The van der Waals surface area contributed by atoms with Crippen LogP contribution in [0.2, 0.25) is 0 Å². The van der Waals surface area contributed by atoms with Crippen LogP contribution in [0.4, 0.5) is 5.00 Å². The summed E-state index contributed by atoms with van der Waals surface area (Å²) >= 11 is 1.35. The standard InChI is InChI=1S/C17H15NO4S/c1-3-21-17(20)14-12-6-4-5-7-13(12)23-16(14)18-15(19)11-8-9-22-10(11)2/h4-9H,3H2,1-2H3,(H,18,19). The monoisotopic (exact) mass is 329 g/mol. The maximum Gasteiger partial charge on any atom is 0.341 e. The van der Waals surface area contributed by atoms with Crippen LogP contribution >= 0.6 is 11.3 Å². The number of anilines is 1. The van der Waals surface area contributed by atoms with Crippen LogP contribution in [-0.2, 0) is 4.74 Å². The van der Waals surface area contributed by atoms with Crippen molar-refractivity contribution in [2.24, 2.45) is 0 Å². The van der Waals surface area contributed by atoms with Crippen LogP contribution in [0.15, 0.2) is 41.0 Å². The Hall–Kier alpha value is -2.60. The Labute approximate surface area is 136 Å². The molecule has 0 spiro atoms. The molecule has 0 aliphatic rings. The average molecular weight is 329 g/mol. The van der Waals surface area contributed by atoms with Gasteiger partial charge in [-0.2, -0.15) is 0 Å². The van der Waals surface area contributed by atoms with E-state index in [-0.39, 0.29) is 12.5 Å². The quantitative estimate of drug-likeness (QED) is 0.727. The van der Waals surface area contributed by atoms with Gasteiger partial charge in [-0.15, -0.1) is 11.3 Å². The maximum absolute atomic E-state index is 12.4. The minimum Gasteiger partial charge on any atom is -0.469 e. The molecule has 1 aromatic carbocycles. The fraction of sp³-hybridized carbons (Fsp3) is 0.176. The van der Waals surface area contributed by atoms with Crippen LogP contribution in [0.1, 0.15) is 33.4 Å². The molecule has 0 unspecified atom stereocenters. The second-order valence-corrected chi connectivity index (χ2v) is 5.92. The van der Waals surface area contributed by atoms with E-state index in [9.17, 15) is 9.59 Å². The number of benzene rings is 1. The highest BCUT2D eigenvalue weighted by Crippen LogP contribution is 2.36. The molecule has 0 aliphatic carbocycles. The lowest BCUT2D eigenvalue weighted by atomic mass is 10.1. The van der Waals surface area contributed by atoms with E-state index in [4.69, 9.17) is 9.15 Å². The molecule has 5 nitrogen and oxygen atoms in total. The van der Waals surface area contributed by atoms with Crippen molar-refractivity contribution in [2.45, 2.75) is 13.8 Å². The highest BCUT2D eigenvalue weighted by molar-refractivity contribution is 7.23. The van der Waals surface area contributed by atoms with Crippen molar-refractivity contribution in [3.8, 4) is 0 Å². The molecule has 3 aromatic rings. The molecule has 1 amide bonds. The van der Waals surface area contributed by atoms with E-state index in [1.165, 1.54) is 17.6 Å². The molecule has 0 saturated heterocycles. The third-order valence-electron chi connectivity index (χ3n) is 3.41. The molecule has 23 heavy (non-hydrogen) atoms. The molecule has 2 aromatic heterocycles. The molecule has 0 aliphatic heterocycles. The summed E-state index contributed by atoms with van der Waals surface area (Å²) in [6, 6.07) is 9.09. The van der Waals surface area contributed by atoms with Gasteiger partial charge in [0, 0.05) is 10.1 Å². The molecule has 1 N–H and O–H groups in total. The third-order valence-corrected chi connectivity index (χ3v) is 4.49. The summed E-state index contributed by atoms with van der Waals surface area (Å²) in [5, 5.41) is 4.06. The number of rotatable bonds is 4. The number of fused-ring (bicyclic) bond motifs is 1. The summed E-state index contributed by atoms with van der Waals surface area (Å²) in [4.78, 5) is 24.7. The zero-order chi connectivity index (χ0) is 16.4. The number of ether oxygens (including phenoxy) is 1. The first-order chi connectivity index (χ1) is 11.1. The molecule has 3 rings (SSSR count). The van der Waals surface area contributed by atoms with E-state index in [1.807, 2.05) is 24.3 Å². The zero-order valence-corrected chi connectivity index (χ0v) is 13.5. The molecule has 118 valence electrons. The van der Waals surface area contributed by atoms with Gasteiger partial charge in [0.05, 0.1) is 18.4 Å². The van der Waals surface area contributed by atoms with Crippen LogP contribution in [0.5, 0.6) is 0 Å². The van der Waals surface area contributed by atoms with E-state index >= 15 is 0 Å². The lowest BCUT2D eigenvalue weighted by Gasteiger charge is -2.06. The minimum atomic E-state index is -0.441. The summed E-state index contributed by atoms with van der Waals surface area (Å²) in [7, 11) is 0. The van der Waals surface area contributed by atoms with E-state index in [1.54, 1.807) is 19.9 Å². The summed E-state index contributed by atoms with van der Waals surface area (Å²) in [6.07, 6.45) is 1.46. The maximum atomic E-state index is 12.4. The number of carbonyl (C=O) groups is 2. The van der Waals surface area contributed by atoms with E-state index in [2.05, 4.69) is 5.32 Å². The SMILES string of the molecule is CCOC(=O)c1c(NC(=O)c2ccoc2C)sc2ccccc12. The Morgan fingerprint density at radius 2 is 2.04 bits per heavy atom. The number of esters is 1. The van der Waals surface area contributed by atoms with Gasteiger partial charge in [-0.05, 0) is 26.0 Å². The first-order valence-corrected chi connectivity index (χ1v) is 7.97. The molecule has 0 fully saturated rings. The molecular formula is C17H15NO4S. The van der Waals surface area contributed by atoms with Crippen molar-refractivity contribution in [3.63, 3.8) is 0 Å². The van der Waals surface area contributed by atoms with E-state index < -0.39 is 5.97 Å². The number of hydrogen-bond acceptors (Lipinski definition) is 5. The smallest absolute Gasteiger partial charge is 0.341 e. The summed E-state index contributed by atoms with van der Waals surface area (Å²) < 4.78 is 11.2. The van der Waals surface area contributed by atoms with Crippen LogP contribution in [-0.4, -0.2) is 18.5 Å².